The molecule has 1 aromatic rings. The third kappa shape index (κ3) is 2.23. The van der Waals surface area contributed by atoms with Crippen LogP contribution in [0.1, 0.15) is 24.5 Å². The number of carbonyl (C=O) groups is 2. The van der Waals surface area contributed by atoms with Gasteiger partial charge in [0.25, 0.3) is 5.91 Å². The Kier molecular flexibility index (Phi) is 3.52. The van der Waals surface area contributed by atoms with Crippen molar-refractivity contribution in [1.29, 1.82) is 0 Å². The molecule has 3 amide bonds. The molecule has 0 radical (unpaired) electrons. The van der Waals surface area contributed by atoms with E-state index in [-0.39, 0.29) is 24.5 Å². The smallest absolute Gasteiger partial charge is 0.327 e. The number of carbonyl (C=O) groups excluding carboxylic acids is 2. The van der Waals surface area contributed by atoms with Gasteiger partial charge in [0.2, 0.25) is 0 Å². The van der Waals surface area contributed by atoms with Crippen molar-refractivity contribution < 1.29 is 14.7 Å². The summed E-state index contributed by atoms with van der Waals surface area (Å²) in [6.45, 7) is 0.659. The van der Waals surface area contributed by atoms with Crippen molar-refractivity contribution in [2.75, 3.05) is 13.1 Å². The fourth-order valence-corrected chi connectivity index (χ4v) is 3.08. The lowest BCUT2D eigenvalue weighted by Gasteiger charge is -2.19. The van der Waals surface area contributed by atoms with Crippen molar-refractivity contribution >= 4 is 27.9 Å². The molecule has 2 saturated heterocycles. The second-order valence-corrected chi connectivity index (χ2v) is 6.07. The number of nitrogens with zero attached hydrogens (tertiary/aromatic N) is 2. The third-order valence-corrected chi connectivity index (χ3v) is 4.42. The molecular weight excluding hydrogens is 324 g/mol. The van der Waals surface area contributed by atoms with E-state index in [0.29, 0.717) is 12.1 Å². The van der Waals surface area contributed by atoms with E-state index in [2.05, 4.69) is 15.9 Å². The molecule has 2 aliphatic heterocycles. The van der Waals surface area contributed by atoms with Crippen LogP contribution in [0.25, 0.3) is 0 Å². The minimum atomic E-state index is -0.851. The molecule has 0 aliphatic carbocycles. The van der Waals surface area contributed by atoms with Crippen molar-refractivity contribution in [3.8, 4) is 0 Å². The zero-order chi connectivity index (χ0) is 14.3. The van der Waals surface area contributed by atoms with E-state index in [9.17, 15) is 14.7 Å². The first-order valence-corrected chi connectivity index (χ1v) is 7.43. The van der Waals surface area contributed by atoms with Crippen molar-refractivity contribution in [1.82, 2.24) is 9.80 Å². The van der Waals surface area contributed by atoms with Gasteiger partial charge in [-0.05, 0) is 30.5 Å². The number of fused-ring (bicyclic) bond motifs is 1. The molecular formula is C14H15BrN2O3. The number of rotatable bonds is 3. The molecule has 2 heterocycles. The number of halogens is 1. The van der Waals surface area contributed by atoms with Crippen LogP contribution in [0.5, 0.6) is 0 Å². The summed E-state index contributed by atoms with van der Waals surface area (Å²) in [5, 5.41) is 10.2. The van der Waals surface area contributed by atoms with Crippen LogP contribution in [0, 0.1) is 0 Å². The van der Waals surface area contributed by atoms with Gasteiger partial charge in [0.15, 0.2) is 0 Å². The summed E-state index contributed by atoms with van der Waals surface area (Å²) in [5.41, 5.74) is 0.695. The van der Waals surface area contributed by atoms with Crippen LogP contribution < -0.4 is 0 Å². The summed E-state index contributed by atoms with van der Waals surface area (Å²) in [7, 11) is 0. The number of benzene rings is 1. The third-order valence-electron chi connectivity index (χ3n) is 3.89. The summed E-state index contributed by atoms with van der Waals surface area (Å²) < 4.78 is 0.919. The molecule has 20 heavy (non-hydrogen) atoms. The Morgan fingerprint density at radius 2 is 2.00 bits per heavy atom. The zero-order valence-electron chi connectivity index (χ0n) is 10.8. The van der Waals surface area contributed by atoms with Gasteiger partial charge in [-0.3, -0.25) is 9.69 Å². The molecule has 5 nitrogen and oxygen atoms in total. The Balaban J connectivity index is 1.73. The van der Waals surface area contributed by atoms with E-state index in [1.54, 1.807) is 17.0 Å². The quantitative estimate of drug-likeness (QED) is 0.856. The van der Waals surface area contributed by atoms with E-state index >= 15 is 0 Å². The van der Waals surface area contributed by atoms with Crippen molar-refractivity contribution in [3.05, 3.63) is 34.3 Å². The molecule has 2 aliphatic rings. The largest absolute Gasteiger partial charge is 0.387 e. The predicted molar refractivity (Wildman–Crippen MR) is 75.9 cm³/mol. The topological polar surface area (TPSA) is 60.9 Å². The highest BCUT2D eigenvalue weighted by molar-refractivity contribution is 9.10. The standard InChI is InChI=1S/C14H15BrN2O3/c15-10-5-3-9(4-6-10)12(18)8-17-13(19)11-2-1-7-16(11)14(17)20/h3-6,11-12,18H,1-2,7-8H2/t11-,12-/m0/s1. The second-order valence-electron chi connectivity index (χ2n) is 5.15. The number of urea groups is 1. The predicted octanol–water partition coefficient (Wildman–Crippen LogP) is 1.91. The summed E-state index contributed by atoms with van der Waals surface area (Å²) >= 11 is 3.33. The highest BCUT2D eigenvalue weighted by Gasteiger charge is 2.47. The summed E-state index contributed by atoms with van der Waals surface area (Å²) in [5.74, 6) is -0.177. The van der Waals surface area contributed by atoms with Crippen LogP contribution in [-0.4, -0.2) is 46.0 Å². The Labute approximate surface area is 125 Å². The van der Waals surface area contributed by atoms with Crippen LogP contribution in [0.15, 0.2) is 28.7 Å². The molecule has 0 saturated carbocycles. The average Bonchev–Trinajstić information content (AvgIpc) is 2.99. The van der Waals surface area contributed by atoms with Gasteiger partial charge in [0, 0.05) is 11.0 Å². The van der Waals surface area contributed by atoms with E-state index in [0.717, 1.165) is 17.3 Å². The highest BCUT2D eigenvalue weighted by atomic mass is 79.9. The molecule has 0 unspecified atom stereocenters. The van der Waals surface area contributed by atoms with Crippen molar-refractivity contribution in [3.63, 3.8) is 0 Å². The second kappa shape index (κ2) is 5.18. The number of amides is 3. The molecule has 6 heteroatoms. The molecule has 0 spiro atoms. The van der Waals surface area contributed by atoms with Crippen LogP contribution in [0.3, 0.4) is 0 Å². The maximum atomic E-state index is 12.2. The van der Waals surface area contributed by atoms with Gasteiger partial charge in [-0.1, -0.05) is 28.1 Å². The fraction of sp³-hybridized carbons (Fsp3) is 0.429. The Morgan fingerprint density at radius 3 is 2.65 bits per heavy atom. The lowest BCUT2D eigenvalue weighted by atomic mass is 10.1. The Bertz CT molecular complexity index is 524. The summed E-state index contributed by atoms with van der Waals surface area (Å²) in [6.07, 6.45) is 0.761. The number of aliphatic hydroxyl groups excluding tert-OH is 1. The minimum absolute atomic E-state index is 0.0201. The fourth-order valence-electron chi connectivity index (χ4n) is 2.81. The molecule has 3 rings (SSSR count). The number of aliphatic hydroxyl groups is 1. The van der Waals surface area contributed by atoms with Gasteiger partial charge < -0.3 is 10.0 Å². The van der Waals surface area contributed by atoms with Gasteiger partial charge in [0.1, 0.15) is 6.04 Å². The zero-order valence-corrected chi connectivity index (χ0v) is 12.4. The van der Waals surface area contributed by atoms with Gasteiger partial charge >= 0.3 is 6.03 Å². The van der Waals surface area contributed by atoms with Gasteiger partial charge in [-0.2, -0.15) is 0 Å². The van der Waals surface area contributed by atoms with Gasteiger partial charge in [-0.15, -0.1) is 0 Å². The molecule has 1 N–H and O–H groups in total. The van der Waals surface area contributed by atoms with E-state index < -0.39 is 6.10 Å². The molecule has 2 atom stereocenters. The van der Waals surface area contributed by atoms with E-state index in [1.165, 1.54) is 4.90 Å². The Hall–Kier alpha value is -1.40. The average molecular weight is 339 g/mol. The molecule has 106 valence electrons. The SMILES string of the molecule is O=C1[C@@H]2CCCN2C(=O)N1C[C@H](O)c1ccc(Br)cc1. The van der Waals surface area contributed by atoms with Gasteiger partial charge in [0.05, 0.1) is 12.6 Å². The van der Waals surface area contributed by atoms with Crippen LogP contribution in [0.4, 0.5) is 4.79 Å². The van der Waals surface area contributed by atoms with E-state index in [4.69, 9.17) is 0 Å². The number of β-amino-alcohol motifs (C(OH)–C–C–N with tert-alkyl or cyclic N) is 1. The first-order chi connectivity index (χ1) is 9.58. The van der Waals surface area contributed by atoms with Crippen LogP contribution in [-0.2, 0) is 4.79 Å². The molecule has 0 aromatic heterocycles. The van der Waals surface area contributed by atoms with Crippen LogP contribution in [0.2, 0.25) is 0 Å². The summed E-state index contributed by atoms with van der Waals surface area (Å²) in [4.78, 5) is 27.1. The number of hydrogen-bond acceptors (Lipinski definition) is 3. The maximum absolute atomic E-state index is 12.2. The molecule has 2 fully saturated rings. The van der Waals surface area contributed by atoms with Crippen molar-refractivity contribution in [2.24, 2.45) is 0 Å². The first kappa shape index (κ1) is 13.6. The first-order valence-electron chi connectivity index (χ1n) is 6.63. The monoisotopic (exact) mass is 338 g/mol. The minimum Gasteiger partial charge on any atom is -0.387 e. The number of imide groups is 1. The number of hydrogen-bond donors (Lipinski definition) is 1. The maximum Gasteiger partial charge on any atom is 0.327 e. The van der Waals surface area contributed by atoms with E-state index in [1.807, 2.05) is 12.1 Å². The lowest BCUT2D eigenvalue weighted by molar-refractivity contribution is -0.128. The Morgan fingerprint density at radius 1 is 1.30 bits per heavy atom. The van der Waals surface area contributed by atoms with Crippen LogP contribution >= 0.6 is 15.9 Å². The highest BCUT2D eigenvalue weighted by Crippen LogP contribution is 2.29. The lowest BCUT2D eigenvalue weighted by Crippen LogP contribution is -2.36. The molecule has 1 aromatic carbocycles. The molecule has 0 bridgehead atoms. The van der Waals surface area contributed by atoms with Gasteiger partial charge in [-0.25, -0.2) is 4.79 Å². The summed E-state index contributed by atoms with van der Waals surface area (Å²) in [6, 6.07) is 6.63. The normalized spacial score (nSPS) is 23.4. The van der Waals surface area contributed by atoms with Crippen molar-refractivity contribution in [2.45, 2.75) is 25.0 Å².